The van der Waals surface area contributed by atoms with E-state index in [0.29, 0.717) is 23.9 Å². The molecule has 0 atom stereocenters. The zero-order valence-corrected chi connectivity index (χ0v) is 12.4. The Balaban J connectivity index is 2.07. The Hall–Kier alpha value is -1.45. The van der Waals surface area contributed by atoms with E-state index in [4.69, 9.17) is 5.11 Å². The van der Waals surface area contributed by atoms with Gasteiger partial charge < -0.3 is 14.8 Å². The van der Waals surface area contributed by atoms with E-state index < -0.39 is 5.97 Å². The molecule has 0 bridgehead atoms. The van der Waals surface area contributed by atoms with Gasteiger partial charge in [-0.15, -0.1) is 21.5 Å². The number of nitrogens with zero attached hydrogens (tertiary/aromatic N) is 4. The lowest BCUT2D eigenvalue weighted by Crippen LogP contribution is -2.09. The van der Waals surface area contributed by atoms with Gasteiger partial charge in [-0.1, -0.05) is 11.8 Å². The number of carbonyl (C=O) groups is 1. The lowest BCUT2D eigenvalue weighted by Gasteiger charge is -2.07. The standard InChI is InChI=1S/C11H14N4O3S2/c1-7-12-8(5-19-7)2-3-15-9(4-16)13-14-11(15)20-6-10(17)18/h5,16H,2-4,6H2,1H3,(H,17,18). The highest BCUT2D eigenvalue weighted by molar-refractivity contribution is 7.99. The van der Waals surface area contributed by atoms with E-state index >= 15 is 0 Å². The molecule has 9 heteroatoms. The lowest BCUT2D eigenvalue weighted by atomic mass is 10.3. The lowest BCUT2D eigenvalue weighted by molar-refractivity contribution is -0.133. The predicted molar refractivity (Wildman–Crippen MR) is 74.9 cm³/mol. The number of hydrogen-bond acceptors (Lipinski definition) is 7. The van der Waals surface area contributed by atoms with Crippen LogP contribution in [0, 0.1) is 6.92 Å². The number of carboxylic acid groups (broad SMARTS) is 1. The second-order valence-electron chi connectivity index (χ2n) is 4.00. The van der Waals surface area contributed by atoms with E-state index in [-0.39, 0.29) is 12.4 Å². The Bertz CT molecular complexity index is 596. The summed E-state index contributed by atoms with van der Waals surface area (Å²) >= 11 is 2.68. The molecule has 0 spiro atoms. The van der Waals surface area contributed by atoms with Gasteiger partial charge in [0.1, 0.15) is 6.61 Å². The molecule has 0 aliphatic heterocycles. The molecule has 2 N–H and O–H groups in total. The van der Waals surface area contributed by atoms with E-state index in [1.54, 1.807) is 15.9 Å². The number of aliphatic carboxylic acids is 1. The number of thioether (sulfide) groups is 1. The van der Waals surface area contributed by atoms with Crippen molar-refractivity contribution < 1.29 is 15.0 Å². The summed E-state index contributed by atoms with van der Waals surface area (Å²) < 4.78 is 1.74. The van der Waals surface area contributed by atoms with Crippen LogP contribution in [0.5, 0.6) is 0 Å². The molecule has 2 aromatic rings. The first-order valence-corrected chi connectivity index (χ1v) is 7.75. The zero-order valence-electron chi connectivity index (χ0n) is 10.8. The summed E-state index contributed by atoms with van der Waals surface area (Å²) in [5.74, 6) is -0.561. The van der Waals surface area contributed by atoms with Gasteiger partial charge in [-0.3, -0.25) is 4.79 Å². The number of aromatic nitrogens is 4. The number of rotatable bonds is 7. The molecule has 0 aliphatic rings. The minimum absolute atomic E-state index is 0.0840. The topological polar surface area (TPSA) is 101 Å². The predicted octanol–water partition coefficient (Wildman–Crippen LogP) is 0.955. The Morgan fingerprint density at radius 3 is 2.90 bits per heavy atom. The van der Waals surface area contributed by atoms with Crippen LogP contribution in [0.3, 0.4) is 0 Å². The number of thiazole rings is 1. The first-order chi connectivity index (χ1) is 9.60. The first-order valence-electron chi connectivity index (χ1n) is 5.88. The molecule has 0 aromatic carbocycles. The normalized spacial score (nSPS) is 10.9. The third-order valence-electron chi connectivity index (χ3n) is 2.52. The summed E-state index contributed by atoms with van der Waals surface area (Å²) in [7, 11) is 0. The minimum Gasteiger partial charge on any atom is -0.481 e. The van der Waals surface area contributed by atoms with Gasteiger partial charge in [0.2, 0.25) is 0 Å². The van der Waals surface area contributed by atoms with Crippen molar-refractivity contribution >= 4 is 29.1 Å². The van der Waals surface area contributed by atoms with Crippen LogP contribution in [0.2, 0.25) is 0 Å². The second kappa shape index (κ2) is 6.82. The van der Waals surface area contributed by atoms with Crippen LogP contribution in [0.15, 0.2) is 10.5 Å². The van der Waals surface area contributed by atoms with Crippen LogP contribution in [0.25, 0.3) is 0 Å². The van der Waals surface area contributed by atoms with Crippen LogP contribution in [-0.4, -0.2) is 41.7 Å². The number of aryl methyl sites for hydroxylation is 2. The fourth-order valence-corrected chi connectivity index (χ4v) is 2.99. The van der Waals surface area contributed by atoms with Crippen molar-refractivity contribution in [3.8, 4) is 0 Å². The maximum Gasteiger partial charge on any atom is 0.313 e. The van der Waals surface area contributed by atoms with Gasteiger partial charge in [-0.25, -0.2) is 4.98 Å². The van der Waals surface area contributed by atoms with Crippen molar-refractivity contribution in [2.45, 2.75) is 31.7 Å². The van der Waals surface area contributed by atoms with Crippen molar-refractivity contribution in [1.82, 2.24) is 19.7 Å². The first kappa shape index (κ1) is 14.9. The molecule has 2 heterocycles. The third kappa shape index (κ3) is 3.78. The van der Waals surface area contributed by atoms with Crippen molar-refractivity contribution in [2.24, 2.45) is 0 Å². The Morgan fingerprint density at radius 1 is 1.50 bits per heavy atom. The second-order valence-corrected chi connectivity index (χ2v) is 6.00. The number of carboxylic acids is 1. The molecule has 0 saturated heterocycles. The fourth-order valence-electron chi connectivity index (χ4n) is 1.64. The van der Waals surface area contributed by atoms with Gasteiger partial charge in [0.25, 0.3) is 0 Å². The number of aliphatic hydroxyl groups is 1. The molecule has 0 saturated carbocycles. The van der Waals surface area contributed by atoms with Gasteiger partial charge in [0.15, 0.2) is 11.0 Å². The van der Waals surface area contributed by atoms with Crippen LogP contribution in [0.1, 0.15) is 16.5 Å². The fraction of sp³-hybridized carbons (Fsp3) is 0.455. The molecular weight excluding hydrogens is 300 g/mol. The molecule has 0 fully saturated rings. The summed E-state index contributed by atoms with van der Waals surface area (Å²) in [6, 6.07) is 0. The molecule has 0 amide bonds. The number of aliphatic hydroxyl groups excluding tert-OH is 1. The molecule has 7 nitrogen and oxygen atoms in total. The summed E-state index contributed by atoms with van der Waals surface area (Å²) in [4.78, 5) is 15.0. The largest absolute Gasteiger partial charge is 0.481 e. The van der Waals surface area contributed by atoms with Gasteiger partial charge in [-0.2, -0.15) is 0 Å². The summed E-state index contributed by atoms with van der Waals surface area (Å²) in [6.45, 7) is 2.28. The van der Waals surface area contributed by atoms with Crippen LogP contribution < -0.4 is 0 Å². The molecule has 0 radical (unpaired) electrons. The average Bonchev–Trinajstić information content (AvgIpc) is 2.99. The van der Waals surface area contributed by atoms with Crippen molar-refractivity contribution in [3.63, 3.8) is 0 Å². The zero-order chi connectivity index (χ0) is 14.5. The van der Waals surface area contributed by atoms with Crippen LogP contribution in [0.4, 0.5) is 0 Å². The van der Waals surface area contributed by atoms with Gasteiger partial charge in [0, 0.05) is 18.3 Å². The van der Waals surface area contributed by atoms with E-state index in [1.165, 1.54) is 0 Å². The van der Waals surface area contributed by atoms with E-state index in [9.17, 15) is 9.90 Å². The highest BCUT2D eigenvalue weighted by Crippen LogP contribution is 2.18. The van der Waals surface area contributed by atoms with E-state index in [2.05, 4.69) is 15.2 Å². The SMILES string of the molecule is Cc1nc(CCn2c(CO)nnc2SCC(=O)O)cs1. The maximum atomic E-state index is 10.6. The molecule has 0 unspecified atom stereocenters. The third-order valence-corrected chi connectivity index (χ3v) is 4.29. The number of hydrogen-bond donors (Lipinski definition) is 2. The Morgan fingerprint density at radius 2 is 2.30 bits per heavy atom. The molecule has 0 aliphatic carbocycles. The van der Waals surface area contributed by atoms with E-state index in [1.807, 2.05) is 12.3 Å². The van der Waals surface area contributed by atoms with Crippen molar-refractivity contribution in [2.75, 3.05) is 5.75 Å². The highest BCUT2D eigenvalue weighted by atomic mass is 32.2. The maximum absolute atomic E-state index is 10.6. The average molecular weight is 314 g/mol. The summed E-state index contributed by atoms with van der Waals surface area (Å²) in [6.07, 6.45) is 0.690. The molecular formula is C11H14N4O3S2. The van der Waals surface area contributed by atoms with Crippen LogP contribution in [-0.2, 0) is 24.4 Å². The highest BCUT2D eigenvalue weighted by Gasteiger charge is 2.13. The van der Waals surface area contributed by atoms with Gasteiger partial charge in [-0.05, 0) is 6.92 Å². The molecule has 108 valence electrons. The minimum atomic E-state index is -0.912. The molecule has 2 aromatic heterocycles. The van der Waals surface area contributed by atoms with Crippen molar-refractivity contribution in [3.05, 3.63) is 21.9 Å². The summed E-state index contributed by atoms with van der Waals surface area (Å²) in [5, 5.41) is 29.2. The van der Waals surface area contributed by atoms with E-state index in [0.717, 1.165) is 22.5 Å². The summed E-state index contributed by atoms with van der Waals surface area (Å²) in [5.41, 5.74) is 0.972. The van der Waals surface area contributed by atoms with Gasteiger partial charge >= 0.3 is 5.97 Å². The quantitative estimate of drug-likeness (QED) is 0.734. The Kier molecular flexibility index (Phi) is 5.10. The van der Waals surface area contributed by atoms with Gasteiger partial charge in [0.05, 0.1) is 16.5 Å². The molecule has 20 heavy (non-hydrogen) atoms. The van der Waals surface area contributed by atoms with Crippen LogP contribution >= 0.6 is 23.1 Å². The Labute approximate surface area is 123 Å². The smallest absolute Gasteiger partial charge is 0.313 e. The molecule has 2 rings (SSSR count). The van der Waals surface area contributed by atoms with Crippen molar-refractivity contribution in [1.29, 1.82) is 0 Å². The monoisotopic (exact) mass is 314 g/mol.